The number of halogens is 3. The number of alkyl halides is 3. The average molecular weight is 269 g/mol. The van der Waals surface area contributed by atoms with Gasteiger partial charge < -0.3 is 9.84 Å². The second kappa shape index (κ2) is 5.88. The lowest BCUT2D eigenvalue weighted by Gasteiger charge is -2.37. The quantitative estimate of drug-likeness (QED) is 0.773. The van der Waals surface area contributed by atoms with E-state index in [0.717, 1.165) is 6.42 Å². The first kappa shape index (κ1) is 15.2. The van der Waals surface area contributed by atoms with Crippen LogP contribution in [0.25, 0.3) is 0 Å². The minimum atomic E-state index is -4.31. The molecule has 0 amide bonds. The molecule has 0 bridgehead atoms. The Morgan fingerprint density at radius 3 is 2.72 bits per heavy atom. The first-order valence-corrected chi connectivity index (χ1v) is 5.83. The summed E-state index contributed by atoms with van der Waals surface area (Å²) >= 11 is 0. The van der Waals surface area contributed by atoms with Gasteiger partial charge in [0, 0.05) is 13.1 Å². The van der Waals surface area contributed by atoms with Crippen molar-refractivity contribution in [1.82, 2.24) is 4.90 Å². The number of carboxylic acid groups (broad SMARTS) is 1. The number of ether oxygens (including phenoxy) is 1. The predicted molar refractivity (Wildman–Crippen MR) is 58.3 cm³/mol. The second-order valence-corrected chi connectivity index (χ2v) is 4.91. The van der Waals surface area contributed by atoms with E-state index in [-0.39, 0.29) is 6.61 Å². The van der Waals surface area contributed by atoms with Gasteiger partial charge in [-0.3, -0.25) is 9.69 Å². The van der Waals surface area contributed by atoms with Crippen LogP contribution in [0.1, 0.15) is 19.8 Å². The highest BCUT2D eigenvalue weighted by atomic mass is 19.4. The maximum atomic E-state index is 11.8. The summed E-state index contributed by atoms with van der Waals surface area (Å²) in [5, 5.41) is 9.09. The summed E-state index contributed by atoms with van der Waals surface area (Å²) in [5.41, 5.74) is -0.803. The van der Waals surface area contributed by atoms with Crippen LogP contribution in [-0.4, -0.2) is 55.0 Å². The van der Waals surface area contributed by atoms with Crippen molar-refractivity contribution in [3.8, 4) is 0 Å². The van der Waals surface area contributed by atoms with Gasteiger partial charge in [0.25, 0.3) is 0 Å². The van der Waals surface area contributed by atoms with E-state index in [1.54, 1.807) is 6.92 Å². The Bertz CT molecular complexity index is 296. The van der Waals surface area contributed by atoms with Crippen LogP contribution >= 0.6 is 0 Å². The first-order valence-electron chi connectivity index (χ1n) is 5.83. The minimum absolute atomic E-state index is 0.0325. The summed E-state index contributed by atoms with van der Waals surface area (Å²) in [7, 11) is 0. The first-order chi connectivity index (χ1) is 8.23. The highest BCUT2D eigenvalue weighted by Crippen LogP contribution is 2.29. The fourth-order valence-electron chi connectivity index (χ4n) is 2.09. The average Bonchev–Trinajstić information content (AvgIpc) is 2.23. The molecule has 1 aliphatic rings. The van der Waals surface area contributed by atoms with Gasteiger partial charge in [0.1, 0.15) is 6.61 Å². The molecule has 1 saturated heterocycles. The molecule has 1 N–H and O–H groups in total. The predicted octanol–water partition coefficient (Wildman–Crippen LogP) is 1.75. The summed E-state index contributed by atoms with van der Waals surface area (Å²) in [6.07, 6.45) is -2.97. The molecule has 0 aromatic rings. The van der Waals surface area contributed by atoms with Crippen LogP contribution in [0.2, 0.25) is 0 Å². The molecular formula is C11H18F3NO3. The van der Waals surface area contributed by atoms with E-state index in [9.17, 15) is 18.0 Å². The number of carbonyl (C=O) groups is 1. The second-order valence-electron chi connectivity index (χ2n) is 4.91. The third kappa shape index (κ3) is 4.81. The number of likely N-dealkylation sites (tertiary alicyclic amines) is 1. The molecular weight excluding hydrogens is 251 g/mol. The van der Waals surface area contributed by atoms with Gasteiger partial charge in [-0.1, -0.05) is 0 Å². The van der Waals surface area contributed by atoms with E-state index in [1.165, 1.54) is 0 Å². The lowest BCUT2D eigenvalue weighted by molar-refractivity contribution is -0.175. The molecule has 1 rings (SSSR count). The maximum Gasteiger partial charge on any atom is 0.411 e. The molecule has 0 aromatic carbocycles. The minimum Gasteiger partial charge on any atom is -0.481 e. The largest absolute Gasteiger partial charge is 0.481 e. The molecule has 0 aliphatic carbocycles. The molecule has 1 unspecified atom stereocenters. The normalized spacial score (nSPS) is 26.2. The zero-order chi connectivity index (χ0) is 13.8. The zero-order valence-electron chi connectivity index (χ0n) is 10.3. The maximum absolute atomic E-state index is 11.8. The van der Waals surface area contributed by atoms with Crippen molar-refractivity contribution in [3.63, 3.8) is 0 Å². The standard InChI is InChI=1S/C11H18F3NO3/c1-10(9(16)17)3-2-4-15(7-10)5-6-18-8-11(12,13)14/h2-8H2,1H3,(H,16,17). The van der Waals surface area contributed by atoms with Crippen molar-refractivity contribution < 1.29 is 27.8 Å². The summed E-state index contributed by atoms with van der Waals surface area (Å²) in [6.45, 7) is 1.78. The van der Waals surface area contributed by atoms with Crippen LogP contribution in [-0.2, 0) is 9.53 Å². The van der Waals surface area contributed by atoms with Gasteiger partial charge in [0.05, 0.1) is 12.0 Å². The van der Waals surface area contributed by atoms with Crippen molar-refractivity contribution in [1.29, 1.82) is 0 Å². The van der Waals surface area contributed by atoms with E-state index >= 15 is 0 Å². The van der Waals surface area contributed by atoms with Crippen LogP contribution < -0.4 is 0 Å². The number of carboxylic acids is 1. The van der Waals surface area contributed by atoms with Crippen molar-refractivity contribution in [2.24, 2.45) is 5.41 Å². The van der Waals surface area contributed by atoms with Gasteiger partial charge in [0.2, 0.25) is 0 Å². The van der Waals surface area contributed by atoms with E-state index in [0.29, 0.717) is 26.1 Å². The Morgan fingerprint density at radius 2 is 2.17 bits per heavy atom. The van der Waals surface area contributed by atoms with Crippen molar-refractivity contribution >= 4 is 5.97 Å². The zero-order valence-corrected chi connectivity index (χ0v) is 10.3. The van der Waals surface area contributed by atoms with Gasteiger partial charge in [-0.25, -0.2) is 0 Å². The number of aliphatic carboxylic acids is 1. The molecule has 0 radical (unpaired) electrons. The van der Waals surface area contributed by atoms with E-state index in [2.05, 4.69) is 4.74 Å². The Labute approximate surface area is 104 Å². The van der Waals surface area contributed by atoms with Crippen molar-refractivity contribution in [3.05, 3.63) is 0 Å². The Kier molecular flexibility index (Phi) is 4.98. The molecule has 1 fully saturated rings. The smallest absolute Gasteiger partial charge is 0.411 e. The van der Waals surface area contributed by atoms with Crippen molar-refractivity contribution in [2.45, 2.75) is 25.9 Å². The van der Waals surface area contributed by atoms with Crippen molar-refractivity contribution in [2.75, 3.05) is 32.8 Å². The molecule has 0 spiro atoms. The van der Waals surface area contributed by atoms with Crippen LogP contribution in [0.15, 0.2) is 0 Å². The third-order valence-electron chi connectivity index (χ3n) is 3.11. The Morgan fingerprint density at radius 1 is 1.50 bits per heavy atom. The lowest BCUT2D eigenvalue weighted by Crippen LogP contribution is -2.47. The van der Waals surface area contributed by atoms with Gasteiger partial charge in [-0.15, -0.1) is 0 Å². The highest BCUT2D eigenvalue weighted by Gasteiger charge is 2.37. The molecule has 1 aliphatic heterocycles. The summed E-state index contributed by atoms with van der Waals surface area (Å²) in [4.78, 5) is 12.9. The fraction of sp³-hybridized carbons (Fsp3) is 0.909. The van der Waals surface area contributed by atoms with Crippen LogP contribution in [0.4, 0.5) is 13.2 Å². The molecule has 0 saturated carbocycles. The van der Waals surface area contributed by atoms with Gasteiger partial charge in [-0.2, -0.15) is 13.2 Å². The molecule has 106 valence electrons. The number of hydrogen-bond acceptors (Lipinski definition) is 3. The number of rotatable bonds is 5. The molecule has 7 heteroatoms. The van der Waals surface area contributed by atoms with Gasteiger partial charge in [-0.05, 0) is 26.3 Å². The molecule has 18 heavy (non-hydrogen) atoms. The topological polar surface area (TPSA) is 49.8 Å². The number of hydrogen-bond donors (Lipinski definition) is 1. The number of nitrogens with zero attached hydrogens (tertiary/aromatic N) is 1. The highest BCUT2D eigenvalue weighted by molar-refractivity contribution is 5.74. The van der Waals surface area contributed by atoms with E-state index in [4.69, 9.17) is 5.11 Å². The monoisotopic (exact) mass is 269 g/mol. The lowest BCUT2D eigenvalue weighted by atomic mass is 9.82. The SMILES string of the molecule is CC1(C(=O)O)CCCN(CCOCC(F)(F)F)C1. The molecule has 1 atom stereocenters. The van der Waals surface area contributed by atoms with Gasteiger partial charge in [0.15, 0.2) is 0 Å². The van der Waals surface area contributed by atoms with Crippen LogP contribution in [0.5, 0.6) is 0 Å². The molecule has 1 heterocycles. The summed E-state index contributed by atoms with van der Waals surface area (Å²) in [6, 6.07) is 0. The van der Waals surface area contributed by atoms with Gasteiger partial charge >= 0.3 is 12.1 Å². The van der Waals surface area contributed by atoms with Crippen LogP contribution in [0, 0.1) is 5.41 Å². The number of piperidine rings is 1. The molecule has 0 aromatic heterocycles. The molecule has 4 nitrogen and oxygen atoms in total. The Hall–Kier alpha value is -0.820. The van der Waals surface area contributed by atoms with E-state index in [1.807, 2.05) is 4.90 Å². The fourth-order valence-corrected chi connectivity index (χ4v) is 2.09. The summed E-state index contributed by atoms with van der Waals surface area (Å²) in [5.74, 6) is -0.858. The third-order valence-corrected chi connectivity index (χ3v) is 3.11. The van der Waals surface area contributed by atoms with E-state index < -0.39 is 24.2 Å². The summed E-state index contributed by atoms with van der Waals surface area (Å²) < 4.78 is 40.0. The van der Waals surface area contributed by atoms with Crippen LogP contribution in [0.3, 0.4) is 0 Å². The Balaban J connectivity index is 2.29.